The second kappa shape index (κ2) is 7.28. The van der Waals surface area contributed by atoms with E-state index in [4.69, 9.17) is 9.84 Å². The van der Waals surface area contributed by atoms with Gasteiger partial charge in [0, 0.05) is 6.08 Å². The number of aliphatic carboxylic acids is 1. The Morgan fingerprint density at radius 3 is 2.70 bits per heavy atom. The SMILES string of the molecule is CC[C@@H](NC(=O)C=Cc1ccc(OC)c(F)c1)C(=O)O. The minimum atomic E-state index is -1.09. The lowest BCUT2D eigenvalue weighted by atomic mass is 10.2. The van der Waals surface area contributed by atoms with E-state index in [2.05, 4.69) is 5.32 Å². The van der Waals surface area contributed by atoms with Gasteiger partial charge in [-0.05, 0) is 30.2 Å². The fraction of sp³-hybridized carbons (Fsp3) is 0.286. The van der Waals surface area contributed by atoms with Crippen molar-refractivity contribution in [2.24, 2.45) is 0 Å². The van der Waals surface area contributed by atoms with Gasteiger partial charge in [0.25, 0.3) is 0 Å². The molecule has 108 valence electrons. The van der Waals surface area contributed by atoms with Crippen molar-refractivity contribution in [1.82, 2.24) is 5.32 Å². The quantitative estimate of drug-likeness (QED) is 0.780. The molecule has 6 heteroatoms. The van der Waals surface area contributed by atoms with Crippen molar-refractivity contribution in [1.29, 1.82) is 0 Å². The van der Waals surface area contributed by atoms with E-state index in [0.29, 0.717) is 5.56 Å². The van der Waals surface area contributed by atoms with E-state index < -0.39 is 23.7 Å². The largest absolute Gasteiger partial charge is 0.494 e. The first-order chi connectivity index (χ1) is 9.47. The molecule has 1 rings (SSSR count). The molecule has 0 bridgehead atoms. The van der Waals surface area contributed by atoms with Gasteiger partial charge in [-0.1, -0.05) is 13.0 Å². The van der Waals surface area contributed by atoms with E-state index in [9.17, 15) is 14.0 Å². The van der Waals surface area contributed by atoms with Crippen LogP contribution in [0.3, 0.4) is 0 Å². The predicted octanol–water partition coefficient (Wildman–Crippen LogP) is 1.83. The number of hydrogen-bond donors (Lipinski definition) is 2. The van der Waals surface area contributed by atoms with Gasteiger partial charge in [0.2, 0.25) is 5.91 Å². The molecule has 0 saturated heterocycles. The van der Waals surface area contributed by atoms with Crippen LogP contribution in [0, 0.1) is 5.82 Å². The van der Waals surface area contributed by atoms with Crippen molar-refractivity contribution in [3.8, 4) is 5.75 Å². The standard InChI is InChI=1S/C14H16FNO4/c1-3-11(14(18)19)16-13(17)7-5-9-4-6-12(20-2)10(15)8-9/h4-8,11H,3H2,1-2H3,(H,16,17)(H,18,19)/t11-/m1/s1. The highest BCUT2D eigenvalue weighted by Gasteiger charge is 2.15. The highest BCUT2D eigenvalue weighted by molar-refractivity contribution is 5.94. The van der Waals surface area contributed by atoms with Crippen LogP contribution < -0.4 is 10.1 Å². The van der Waals surface area contributed by atoms with Crippen LogP contribution in [0.1, 0.15) is 18.9 Å². The van der Waals surface area contributed by atoms with Crippen molar-refractivity contribution in [3.05, 3.63) is 35.7 Å². The van der Waals surface area contributed by atoms with Crippen LogP contribution in [0.4, 0.5) is 4.39 Å². The number of carboxylic acid groups (broad SMARTS) is 1. The topological polar surface area (TPSA) is 75.6 Å². The van der Waals surface area contributed by atoms with Crippen molar-refractivity contribution in [3.63, 3.8) is 0 Å². The first-order valence-electron chi connectivity index (χ1n) is 6.02. The van der Waals surface area contributed by atoms with E-state index >= 15 is 0 Å². The van der Waals surface area contributed by atoms with E-state index in [0.717, 1.165) is 6.08 Å². The number of carbonyl (C=O) groups is 2. The van der Waals surface area contributed by atoms with Gasteiger partial charge in [-0.2, -0.15) is 0 Å². The molecular weight excluding hydrogens is 265 g/mol. The van der Waals surface area contributed by atoms with Crippen molar-refractivity contribution < 1.29 is 23.8 Å². The van der Waals surface area contributed by atoms with Crippen LogP contribution in [0.15, 0.2) is 24.3 Å². The number of amides is 1. The first-order valence-corrected chi connectivity index (χ1v) is 6.02. The maximum Gasteiger partial charge on any atom is 0.326 e. The predicted molar refractivity (Wildman–Crippen MR) is 71.8 cm³/mol. The van der Waals surface area contributed by atoms with Gasteiger partial charge in [-0.15, -0.1) is 0 Å². The summed E-state index contributed by atoms with van der Waals surface area (Å²) in [6, 6.07) is 3.32. The fourth-order valence-corrected chi connectivity index (χ4v) is 1.52. The summed E-state index contributed by atoms with van der Waals surface area (Å²) in [5, 5.41) is 11.1. The lowest BCUT2D eigenvalue weighted by Gasteiger charge is -2.09. The van der Waals surface area contributed by atoms with E-state index in [1.807, 2.05) is 0 Å². The Bertz CT molecular complexity index is 528. The van der Waals surface area contributed by atoms with Gasteiger partial charge in [0.1, 0.15) is 6.04 Å². The number of ether oxygens (including phenoxy) is 1. The summed E-state index contributed by atoms with van der Waals surface area (Å²) >= 11 is 0. The molecule has 0 radical (unpaired) electrons. The molecule has 1 aromatic rings. The third-order valence-corrected chi connectivity index (χ3v) is 2.63. The van der Waals surface area contributed by atoms with Gasteiger partial charge in [0.05, 0.1) is 7.11 Å². The molecule has 0 aromatic heterocycles. The van der Waals surface area contributed by atoms with Crippen LogP contribution in [0.5, 0.6) is 5.75 Å². The summed E-state index contributed by atoms with van der Waals surface area (Å²) in [5.74, 6) is -2.06. The zero-order chi connectivity index (χ0) is 15.1. The molecule has 0 spiro atoms. The molecule has 0 aliphatic rings. The van der Waals surface area contributed by atoms with Crippen molar-refractivity contribution >= 4 is 18.0 Å². The minimum Gasteiger partial charge on any atom is -0.494 e. The number of benzene rings is 1. The van der Waals surface area contributed by atoms with E-state index in [1.54, 1.807) is 13.0 Å². The summed E-state index contributed by atoms with van der Waals surface area (Å²) in [7, 11) is 1.36. The van der Waals surface area contributed by atoms with Crippen LogP contribution in [0.25, 0.3) is 6.08 Å². The van der Waals surface area contributed by atoms with Gasteiger partial charge in [-0.3, -0.25) is 4.79 Å². The Kier molecular flexibility index (Phi) is 5.71. The number of carbonyl (C=O) groups excluding carboxylic acids is 1. The normalized spacial score (nSPS) is 12.2. The number of nitrogens with one attached hydrogen (secondary N) is 1. The molecule has 5 nitrogen and oxygen atoms in total. The van der Waals surface area contributed by atoms with Crippen molar-refractivity contribution in [2.45, 2.75) is 19.4 Å². The average Bonchev–Trinajstić information content (AvgIpc) is 2.42. The summed E-state index contributed by atoms with van der Waals surface area (Å²) in [4.78, 5) is 22.3. The molecule has 20 heavy (non-hydrogen) atoms. The molecule has 0 aliphatic carbocycles. The second-order valence-corrected chi connectivity index (χ2v) is 4.03. The van der Waals surface area contributed by atoms with Crippen molar-refractivity contribution in [2.75, 3.05) is 7.11 Å². The highest BCUT2D eigenvalue weighted by Crippen LogP contribution is 2.18. The molecule has 0 unspecified atom stereocenters. The molecule has 0 saturated carbocycles. The van der Waals surface area contributed by atoms with Gasteiger partial charge >= 0.3 is 5.97 Å². The smallest absolute Gasteiger partial charge is 0.326 e. The first kappa shape index (κ1) is 15.7. The molecule has 0 aliphatic heterocycles. The van der Waals surface area contributed by atoms with Gasteiger partial charge in [0.15, 0.2) is 11.6 Å². The Hall–Kier alpha value is -2.37. The number of hydrogen-bond acceptors (Lipinski definition) is 3. The van der Waals surface area contributed by atoms with Crippen LogP contribution in [0.2, 0.25) is 0 Å². The molecular formula is C14H16FNO4. The molecule has 2 N–H and O–H groups in total. The Labute approximate surface area is 116 Å². The summed E-state index contributed by atoms with van der Waals surface area (Å²) in [6.07, 6.45) is 2.84. The number of halogens is 1. The molecule has 0 fully saturated rings. The minimum absolute atomic E-state index is 0.114. The lowest BCUT2D eigenvalue weighted by molar-refractivity contribution is -0.141. The van der Waals surface area contributed by atoms with Crippen LogP contribution in [-0.2, 0) is 9.59 Å². The molecule has 1 aromatic carbocycles. The lowest BCUT2D eigenvalue weighted by Crippen LogP contribution is -2.39. The Balaban J connectivity index is 2.70. The summed E-state index contributed by atoms with van der Waals surface area (Å²) in [5.41, 5.74) is 0.474. The fourth-order valence-electron chi connectivity index (χ4n) is 1.52. The summed E-state index contributed by atoms with van der Waals surface area (Å²) < 4.78 is 18.2. The molecule has 0 heterocycles. The second-order valence-electron chi connectivity index (χ2n) is 4.03. The summed E-state index contributed by atoms with van der Waals surface area (Å²) in [6.45, 7) is 1.65. The van der Waals surface area contributed by atoms with E-state index in [-0.39, 0.29) is 12.2 Å². The average molecular weight is 281 g/mol. The maximum atomic E-state index is 13.4. The van der Waals surface area contributed by atoms with Crippen LogP contribution in [-0.4, -0.2) is 30.1 Å². The van der Waals surface area contributed by atoms with E-state index in [1.165, 1.54) is 25.3 Å². The van der Waals surface area contributed by atoms with Gasteiger partial charge in [-0.25, -0.2) is 9.18 Å². The van der Waals surface area contributed by atoms with Crippen LogP contribution >= 0.6 is 0 Å². The molecule has 1 atom stereocenters. The third kappa shape index (κ3) is 4.38. The zero-order valence-corrected chi connectivity index (χ0v) is 11.2. The number of rotatable bonds is 6. The number of carboxylic acids is 1. The third-order valence-electron chi connectivity index (χ3n) is 2.63. The Morgan fingerprint density at radius 1 is 1.50 bits per heavy atom. The Morgan fingerprint density at radius 2 is 2.20 bits per heavy atom. The molecule has 1 amide bonds. The monoisotopic (exact) mass is 281 g/mol. The van der Waals surface area contributed by atoms with Gasteiger partial charge < -0.3 is 15.2 Å². The number of methoxy groups -OCH3 is 1. The maximum absolute atomic E-state index is 13.4. The zero-order valence-electron chi connectivity index (χ0n) is 11.2. The highest BCUT2D eigenvalue weighted by atomic mass is 19.1.